The molecule has 0 saturated carbocycles. The van der Waals surface area contributed by atoms with Crippen LogP contribution in [-0.2, 0) is 6.54 Å². The van der Waals surface area contributed by atoms with E-state index >= 15 is 0 Å². The first-order chi connectivity index (χ1) is 12.6. The van der Waals surface area contributed by atoms with Gasteiger partial charge >= 0.3 is 0 Å². The maximum absolute atomic E-state index is 12.3. The van der Waals surface area contributed by atoms with E-state index in [0.29, 0.717) is 11.6 Å². The van der Waals surface area contributed by atoms with Gasteiger partial charge in [-0.3, -0.25) is 4.79 Å². The molecule has 0 saturated heterocycles. The number of hydrogen-bond acceptors (Lipinski definition) is 1. The van der Waals surface area contributed by atoms with Crippen molar-refractivity contribution in [2.24, 2.45) is 0 Å². The summed E-state index contributed by atoms with van der Waals surface area (Å²) in [6.45, 7) is 8.57. The van der Waals surface area contributed by atoms with E-state index < -0.39 is 0 Å². The van der Waals surface area contributed by atoms with Crippen LogP contribution in [0.1, 0.15) is 25.1 Å². The molecule has 0 spiro atoms. The molecule has 0 radical (unpaired) electrons. The normalized spacial score (nSPS) is 11.2. The van der Waals surface area contributed by atoms with E-state index in [1.807, 2.05) is 68.6 Å². The van der Waals surface area contributed by atoms with Gasteiger partial charge in [0.2, 0.25) is 0 Å². The number of hydrogen-bond donors (Lipinski definition) is 0. The number of halogens is 1. The molecule has 0 fully saturated rings. The van der Waals surface area contributed by atoms with Crippen LogP contribution < -0.4 is 5.56 Å². The van der Waals surface area contributed by atoms with Gasteiger partial charge in [0.15, 0.2) is 0 Å². The van der Waals surface area contributed by atoms with Crippen molar-refractivity contribution < 1.29 is 0 Å². The quantitative estimate of drug-likeness (QED) is 0.574. The second kappa shape index (κ2) is 7.63. The maximum atomic E-state index is 12.3. The van der Waals surface area contributed by atoms with E-state index in [-0.39, 0.29) is 5.56 Å². The Morgan fingerprint density at radius 3 is 2.46 bits per heavy atom. The zero-order valence-corrected chi connectivity index (χ0v) is 15.7. The lowest BCUT2D eigenvalue weighted by atomic mass is 10.1. The van der Waals surface area contributed by atoms with E-state index in [0.717, 1.165) is 28.2 Å². The maximum Gasteiger partial charge on any atom is 0.251 e. The van der Waals surface area contributed by atoms with Gasteiger partial charge < -0.3 is 9.13 Å². The molecular weight excluding hydrogens is 344 g/mol. The van der Waals surface area contributed by atoms with Crippen molar-refractivity contribution in [3.05, 3.63) is 88.0 Å². The lowest BCUT2D eigenvalue weighted by Crippen LogP contribution is -2.17. The van der Waals surface area contributed by atoms with E-state index in [9.17, 15) is 4.79 Å². The third kappa shape index (κ3) is 3.31. The molecule has 3 aromatic rings. The van der Waals surface area contributed by atoms with Gasteiger partial charge in [-0.2, -0.15) is 0 Å². The van der Waals surface area contributed by atoms with Crippen LogP contribution in [0.4, 0.5) is 0 Å². The Balaban J connectivity index is 2.30. The van der Waals surface area contributed by atoms with Crippen molar-refractivity contribution in [3.8, 4) is 16.9 Å². The molecule has 3 rings (SSSR count). The summed E-state index contributed by atoms with van der Waals surface area (Å²) in [7, 11) is 0. The average molecular weight is 365 g/mol. The van der Waals surface area contributed by atoms with Crippen molar-refractivity contribution in [1.82, 2.24) is 9.13 Å². The third-order valence-corrected chi connectivity index (χ3v) is 4.58. The van der Waals surface area contributed by atoms with Crippen LogP contribution in [0.3, 0.4) is 0 Å². The van der Waals surface area contributed by atoms with Gasteiger partial charge in [0.05, 0.1) is 11.4 Å². The van der Waals surface area contributed by atoms with Gasteiger partial charge in [0.1, 0.15) is 0 Å². The number of nitrogens with zero attached hydrogens (tertiary/aromatic N) is 2. The summed E-state index contributed by atoms with van der Waals surface area (Å²) >= 11 is 6.05. The molecule has 3 nitrogen and oxygen atoms in total. The Morgan fingerprint density at radius 2 is 1.88 bits per heavy atom. The van der Waals surface area contributed by atoms with E-state index in [2.05, 4.69) is 17.2 Å². The first kappa shape index (κ1) is 18.0. The molecule has 0 bridgehead atoms. The predicted molar refractivity (Wildman–Crippen MR) is 111 cm³/mol. The molecule has 0 unspecified atom stereocenters. The van der Waals surface area contributed by atoms with Gasteiger partial charge in [0, 0.05) is 40.6 Å². The summed E-state index contributed by atoms with van der Waals surface area (Å²) in [6, 6.07) is 13.4. The SMILES string of the molecule is C=Cc1c(/C=C\C)cc(-c2ccn(CC)c(=O)c2)n1-c1ccc(Cl)cc1. The molecule has 0 aliphatic heterocycles. The van der Waals surface area contributed by atoms with Gasteiger partial charge in [-0.05, 0) is 56.3 Å². The summed E-state index contributed by atoms with van der Waals surface area (Å²) in [4.78, 5) is 12.3. The van der Waals surface area contributed by atoms with Gasteiger partial charge in [-0.15, -0.1) is 0 Å². The smallest absolute Gasteiger partial charge is 0.251 e. The van der Waals surface area contributed by atoms with E-state index in [1.165, 1.54) is 0 Å². The molecular formula is C22H21ClN2O. The van der Waals surface area contributed by atoms with Crippen LogP contribution >= 0.6 is 11.6 Å². The summed E-state index contributed by atoms with van der Waals surface area (Å²) < 4.78 is 3.78. The lowest BCUT2D eigenvalue weighted by molar-refractivity contribution is 0.727. The molecule has 26 heavy (non-hydrogen) atoms. The summed E-state index contributed by atoms with van der Waals surface area (Å²) in [6.07, 6.45) is 7.70. The minimum Gasteiger partial charge on any atom is -0.316 e. The highest BCUT2D eigenvalue weighted by Gasteiger charge is 2.15. The Labute approximate surface area is 158 Å². The standard InChI is InChI=1S/C22H21ClN2O/c1-4-7-16-14-21(17-12-13-24(6-3)22(26)15-17)25(20(16)5-2)19-10-8-18(23)9-11-19/h4-5,7-15H,2,6H2,1,3H3/b7-4-. The second-order valence-corrected chi connectivity index (χ2v) is 6.36. The Hall–Kier alpha value is -2.78. The molecule has 132 valence electrons. The number of aromatic nitrogens is 2. The molecule has 0 amide bonds. The fourth-order valence-electron chi connectivity index (χ4n) is 3.08. The van der Waals surface area contributed by atoms with Crippen molar-refractivity contribution in [3.63, 3.8) is 0 Å². The highest BCUT2D eigenvalue weighted by atomic mass is 35.5. The highest BCUT2D eigenvalue weighted by molar-refractivity contribution is 6.30. The van der Waals surface area contributed by atoms with Crippen molar-refractivity contribution >= 4 is 23.8 Å². The third-order valence-electron chi connectivity index (χ3n) is 4.33. The molecule has 2 heterocycles. The minimum absolute atomic E-state index is 0.0124. The van der Waals surface area contributed by atoms with Crippen LogP contribution in [0.5, 0.6) is 0 Å². The average Bonchev–Trinajstić information content (AvgIpc) is 3.01. The topological polar surface area (TPSA) is 26.9 Å². The zero-order chi connectivity index (χ0) is 18.7. The Bertz CT molecular complexity index is 1020. The number of benzene rings is 1. The van der Waals surface area contributed by atoms with Crippen LogP contribution in [0.25, 0.3) is 29.1 Å². The fraction of sp³-hybridized carbons (Fsp3) is 0.136. The number of aryl methyl sites for hydroxylation is 1. The zero-order valence-electron chi connectivity index (χ0n) is 14.9. The second-order valence-electron chi connectivity index (χ2n) is 5.93. The van der Waals surface area contributed by atoms with Crippen molar-refractivity contribution in [2.75, 3.05) is 0 Å². The summed E-state index contributed by atoms with van der Waals surface area (Å²) in [5.41, 5.74) is 4.78. The summed E-state index contributed by atoms with van der Waals surface area (Å²) in [5.74, 6) is 0. The minimum atomic E-state index is -0.0124. The first-order valence-corrected chi connectivity index (χ1v) is 8.94. The van der Waals surface area contributed by atoms with Crippen LogP contribution in [0, 0.1) is 0 Å². The van der Waals surface area contributed by atoms with Gasteiger partial charge in [-0.25, -0.2) is 0 Å². The fourth-order valence-corrected chi connectivity index (χ4v) is 3.20. The lowest BCUT2D eigenvalue weighted by Gasteiger charge is -2.13. The van der Waals surface area contributed by atoms with Crippen LogP contribution in [-0.4, -0.2) is 9.13 Å². The molecule has 1 aromatic carbocycles. The van der Waals surface area contributed by atoms with Crippen LogP contribution in [0.2, 0.25) is 5.02 Å². The molecule has 0 atom stereocenters. The van der Waals surface area contributed by atoms with Crippen molar-refractivity contribution in [2.45, 2.75) is 20.4 Å². The molecule has 4 heteroatoms. The van der Waals surface area contributed by atoms with Crippen LogP contribution in [0.15, 0.2) is 66.1 Å². The Morgan fingerprint density at radius 1 is 1.15 bits per heavy atom. The van der Waals surface area contributed by atoms with E-state index in [1.54, 1.807) is 10.6 Å². The predicted octanol–water partition coefficient (Wildman–Crippen LogP) is 5.66. The summed E-state index contributed by atoms with van der Waals surface area (Å²) in [5, 5.41) is 0.682. The van der Waals surface area contributed by atoms with Gasteiger partial charge in [0.25, 0.3) is 5.56 Å². The van der Waals surface area contributed by atoms with E-state index in [4.69, 9.17) is 11.6 Å². The number of pyridine rings is 1. The Kier molecular flexibility index (Phi) is 5.29. The molecule has 2 aromatic heterocycles. The highest BCUT2D eigenvalue weighted by Crippen LogP contribution is 2.31. The molecule has 0 aliphatic rings. The van der Waals surface area contributed by atoms with Crippen molar-refractivity contribution in [1.29, 1.82) is 0 Å². The molecule has 0 N–H and O–H groups in total. The molecule has 0 aliphatic carbocycles. The number of rotatable bonds is 5. The van der Waals surface area contributed by atoms with Gasteiger partial charge in [-0.1, -0.05) is 30.3 Å². The number of allylic oxidation sites excluding steroid dienone is 1. The largest absolute Gasteiger partial charge is 0.316 e. The first-order valence-electron chi connectivity index (χ1n) is 8.56. The monoisotopic (exact) mass is 364 g/mol.